The van der Waals surface area contributed by atoms with Gasteiger partial charge in [0.25, 0.3) is 0 Å². The Morgan fingerprint density at radius 2 is 1.55 bits per heavy atom. The summed E-state index contributed by atoms with van der Waals surface area (Å²) in [5, 5.41) is 11.1. The van der Waals surface area contributed by atoms with Crippen LogP contribution in [0.2, 0.25) is 0 Å². The van der Waals surface area contributed by atoms with Gasteiger partial charge in [0.15, 0.2) is 5.82 Å². The molecule has 0 amide bonds. The van der Waals surface area contributed by atoms with Gasteiger partial charge in [-0.2, -0.15) is 0 Å². The van der Waals surface area contributed by atoms with E-state index in [1.54, 1.807) is 6.07 Å². The van der Waals surface area contributed by atoms with Crippen molar-refractivity contribution in [3.8, 4) is 17.0 Å². The number of phenols is 1. The van der Waals surface area contributed by atoms with Gasteiger partial charge in [-0.1, -0.05) is 75.7 Å². The fourth-order valence-electron chi connectivity index (χ4n) is 4.08. The van der Waals surface area contributed by atoms with Crippen LogP contribution >= 0.6 is 15.9 Å². The smallest absolute Gasteiger partial charge is 0.228 e. The molecule has 0 saturated heterocycles. The second-order valence-electron chi connectivity index (χ2n) is 10.5. The third-order valence-corrected chi connectivity index (χ3v) is 6.33. The largest absolute Gasteiger partial charge is 0.507 e. The van der Waals surface area contributed by atoms with Crippen LogP contribution in [-0.4, -0.2) is 20.3 Å². The first kappa shape index (κ1) is 23.2. The number of fused-ring (bicyclic) bond motifs is 1. The quantitative estimate of drug-likeness (QED) is 0.298. The maximum absolute atomic E-state index is 13.4. The van der Waals surface area contributed by atoms with Gasteiger partial charge in [-0.15, -0.1) is 0 Å². The zero-order valence-corrected chi connectivity index (χ0v) is 21.5. The number of aromatic hydroxyl groups is 1. The molecule has 0 fully saturated rings. The van der Waals surface area contributed by atoms with Crippen LogP contribution in [0.15, 0.2) is 65.3 Å². The molecule has 0 aliphatic carbocycles. The number of ketones is 1. The number of benzene rings is 2. The molecule has 0 atom stereocenters. The number of carbonyl (C=O) groups is 1. The van der Waals surface area contributed by atoms with Crippen LogP contribution in [0.3, 0.4) is 0 Å². The van der Waals surface area contributed by atoms with Crippen LogP contribution in [0, 0.1) is 0 Å². The topological polar surface area (TPSA) is 54.6 Å². The Morgan fingerprint density at radius 3 is 2.12 bits per heavy atom. The highest BCUT2D eigenvalue weighted by atomic mass is 79.9. The average molecular weight is 505 g/mol. The summed E-state index contributed by atoms with van der Waals surface area (Å²) in [6.07, 6.45) is 1.87. The minimum Gasteiger partial charge on any atom is -0.507 e. The van der Waals surface area contributed by atoms with Crippen molar-refractivity contribution in [1.29, 1.82) is 0 Å². The van der Waals surface area contributed by atoms with Crippen LogP contribution in [0.5, 0.6) is 5.75 Å². The van der Waals surface area contributed by atoms with E-state index < -0.39 is 0 Å². The first-order valence-electron chi connectivity index (χ1n) is 11.0. The van der Waals surface area contributed by atoms with E-state index in [0.717, 1.165) is 32.4 Å². The number of hydrogen-bond acceptors (Lipinski definition) is 3. The van der Waals surface area contributed by atoms with Crippen molar-refractivity contribution in [3.63, 3.8) is 0 Å². The minimum absolute atomic E-state index is 0.144. The Balaban J connectivity index is 1.99. The van der Waals surface area contributed by atoms with Crippen LogP contribution in [-0.2, 0) is 10.8 Å². The lowest BCUT2D eigenvalue weighted by Crippen LogP contribution is -2.17. The predicted molar refractivity (Wildman–Crippen MR) is 137 cm³/mol. The van der Waals surface area contributed by atoms with Crippen LogP contribution in [0.1, 0.15) is 68.9 Å². The van der Waals surface area contributed by atoms with Gasteiger partial charge in [-0.25, -0.2) is 4.98 Å². The van der Waals surface area contributed by atoms with Gasteiger partial charge in [0, 0.05) is 32.9 Å². The van der Waals surface area contributed by atoms with E-state index in [-0.39, 0.29) is 16.6 Å². The van der Waals surface area contributed by atoms with E-state index >= 15 is 0 Å². The van der Waals surface area contributed by atoms with E-state index in [1.165, 1.54) is 0 Å². The molecule has 1 N–H and O–H groups in total. The number of hydrogen-bond donors (Lipinski definition) is 1. The number of phenolic OH excluding ortho intramolecular Hbond substituents is 1. The summed E-state index contributed by atoms with van der Waals surface area (Å²) >= 11 is 3.45. The normalized spacial score (nSPS) is 12.3. The van der Waals surface area contributed by atoms with Gasteiger partial charge in [0.1, 0.15) is 5.75 Å². The lowest BCUT2D eigenvalue weighted by molar-refractivity contribution is 0.102. The first-order valence-corrected chi connectivity index (χ1v) is 11.8. The van der Waals surface area contributed by atoms with Gasteiger partial charge in [0.05, 0.1) is 11.2 Å². The molecule has 0 unspecified atom stereocenters. The number of nitrogens with zero attached hydrogens (tertiary/aromatic N) is 2. The molecule has 2 aromatic carbocycles. The second kappa shape index (κ2) is 8.14. The van der Waals surface area contributed by atoms with Crippen LogP contribution in [0.25, 0.3) is 16.8 Å². The molecule has 0 radical (unpaired) electrons. The summed E-state index contributed by atoms with van der Waals surface area (Å²) in [5.41, 5.74) is 4.24. The Morgan fingerprint density at radius 1 is 0.909 bits per heavy atom. The Kier molecular flexibility index (Phi) is 5.73. The van der Waals surface area contributed by atoms with Crippen molar-refractivity contribution in [2.24, 2.45) is 0 Å². The number of aromatic nitrogens is 2. The van der Waals surface area contributed by atoms with E-state index in [2.05, 4.69) is 57.5 Å². The van der Waals surface area contributed by atoms with Crippen molar-refractivity contribution in [1.82, 2.24) is 9.38 Å². The molecule has 2 aromatic heterocycles. The molecule has 0 bridgehead atoms. The molecule has 0 aliphatic rings. The van der Waals surface area contributed by atoms with Crippen LogP contribution in [0.4, 0.5) is 0 Å². The minimum atomic E-state index is -0.259. The molecule has 5 heteroatoms. The monoisotopic (exact) mass is 504 g/mol. The summed E-state index contributed by atoms with van der Waals surface area (Å²) in [7, 11) is 0. The lowest BCUT2D eigenvalue weighted by Gasteiger charge is -2.28. The zero-order chi connectivity index (χ0) is 24.1. The third-order valence-electron chi connectivity index (χ3n) is 5.84. The summed E-state index contributed by atoms with van der Waals surface area (Å²) in [6, 6.07) is 17.2. The highest BCUT2D eigenvalue weighted by molar-refractivity contribution is 9.10. The summed E-state index contributed by atoms with van der Waals surface area (Å²) in [5.74, 6) is 0.545. The second-order valence-corrected chi connectivity index (χ2v) is 11.4. The Labute approximate surface area is 203 Å². The van der Waals surface area contributed by atoms with Crippen LogP contribution < -0.4 is 0 Å². The summed E-state index contributed by atoms with van der Waals surface area (Å²) in [4.78, 5) is 18.3. The fourth-order valence-corrected chi connectivity index (χ4v) is 4.48. The van der Waals surface area contributed by atoms with Gasteiger partial charge in [-0.3, -0.25) is 9.20 Å². The maximum atomic E-state index is 13.4. The van der Waals surface area contributed by atoms with Gasteiger partial charge in [0.2, 0.25) is 5.78 Å². The van der Waals surface area contributed by atoms with Crippen molar-refractivity contribution in [3.05, 3.63) is 87.8 Å². The number of halogens is 1. The average Bonchev–Trinajstić information content (AvgIpc) is 3.11. The highest BCUT2D eigenvalue weighted by Crippen LogP contribution is 2.42. The summed E-state index contributed by atoms with van der Waals surface area (Å²) in [6.45, 7) is 12.5. The fraction of sp³-hybridized carbons (Fsp3) is 0.286. The molecular weight excluding hydrogens is 476 g/mol. The SMILES string of the molecule is CC(C)(C)c1cc(-c2nc(C(=O)c3cccc(Br)c3)n3ccccc23)cc(C(C)(C)C)c1O. The van der Waals surface area contributed by atoms with Crippen molar-refractivity contribution < 1.29 is 9.90 Å². The molecule has 4 nitrogen and oxygen atoms in total. The molecule has 2 heterocycles. The molecule has 0 saturated carbocycles. The molecule has 0 spiro atoms. The summed E-state index contributed by atoms with van der Waals surface area (Å²) < 4.78 is 2.69. The molecule has 4 rings (SSSR count). The molecule has 4 aromatic rings. The van der Waals surface area contributed by atoms with Crippen molar-refractivity contribution >= 4 is 27.2 Å². The van der Waals surface area contributed by atoms with Crippen molar-refractivity contribution in [2.45, 2.75) is 52.4 Å². The van der Waals surface area contributed by atoms with Gasteiger partial charge >= 0.3 is 0 Å². The molecular formula is C28H29BrN2O2. The Bertz CT molecular complexity index is 1340. The molecule has 33 heavy (non-hydrogen) atoms. The third kappa shape index (κ3) is 4.34. The Hall–Kier alpha value is -2.92. The standard InChI is InChI=1S/C28H29BrN2O2/c1-27(2,3)20-15-18(16-21(25(20)33)28(4,5)6)23-22-12-7-8-13-31(22)26(30-23)24(32)17-10-9-11-19(29)14-17/h7-16,33H,1-6H3. The van der Waals surface area contributed by atoms with E-state index in [1.807, 2.05) is 59.1 Å². The predicted octanol–water partition coefficient (Wildman–Crippen LogP) is 7.30. The number of imidazole rings is 1. The van der Waals surface area contributed by atoms with E-state index in [9.17, 15) is 9.90 Å². The van der Waals surface area contributed by atoms with Gasteiger partial charge in [-0.05, 0) is 47.2 Å². The number of carbonyl (C=O) groups excluding carboxylic acids is 1. The number of rotatable bonds is 3. The maximum Gasteiger partial charge on any atom is 0.228 e. The van der Waals surface area contributed by atoms with E-state index in [0.29, 0.717) is 17.1 Å². The molecule has 0 aliphatic heterocycles. The van der Waals surface area contributed by atoms with E-state index in [4.69, 9.17) is 4.98 Å². The zero-order valence-electron chi connectivity index (χ0n) is 19.9. The lowest BCUT2D eigenvalue weighted by atomic mass is 9.78. The molecule has 170 valence electrons. The van der Waals surface area contributed by atoms with Gasteiger partial charge < -0.3 is 5.11 Å². The first-order chi connectivity index (χ1) is 15.4. The van der Waals surface area contributed by atoms with Crippen molar-refractivity contribution in [2.75, 3.05) is 0 Å². The highest BCUT2D eigenvalue weighted by Gasteiger charge is 2.28. The number of pyridine rings is 1.